The van der Waals surface area contributed by atoms with E-state index < -0.39 is 5.97 Å². The molecule has 0 aliphatic carbocycles. The monoisotopic (exact) mass is 290 g/mol. The average Bonchev–Trinajstić information content (AvgIpc) is 2.46. The summed E-state index contributed by atoms with van der Waals surface area (Å²) in [5.74, 6) is -1.54. The lowest BCUT2D eigenvalue weighted by molar-refractivity contribution is -0.131. The summed E-state index contributed by atoms with van der Waals surface area (Å²) in [5, 5.41) is 17.4. The Kier molecular flexibility index (Phi) is 6.57. The van der Waals surface area contributed by atoms with Gasteiger partial charge in [0.15, 0.2) is 0 Å². The molecule has 1 aromatic carbocycles. The SMILES string of the molecule is CCN(Cc1ccc(C=CC(=O)O)cc1F)CC(C)C#N. The molecule has 1 rings (SSSR count). The number of carboxylic acid groups (broad SMARTS) is 1. The van der Waals surface area contributed by atoms with Gasteiger partial charge in [-0.05, 0) is 31.2 Å². The summed E-state index contributed by atoms with van der Waals surface area (Å²) in [7, 11) is 0. The Hall–Kier alpha value is -2.19. The Morgan fingerprint density at radius 1 is 1.57 bits per heavy atom. The van der Waals surface area contributed by atoms with Crippen molar-refractivity contribution in [3.05, 3.63) is 41.2 Å². The molecule has 0 saturated carbocycles. The Labute approximate surface area is 124 Å². The van der Waals surface area contributed by atoms with Crippen LogP contribution in [-0.2, 0) is 11.3 Å². The van der Waals surface area contributed by atoms with E-state index in [0.29, 0.717) is 24.2 Å². The number of rotatable bonds is 7. The van der Waals surface area contributed by atoms with Crippen molar-refractivity contribution in [2.24, 2.45) is 5.92 Å². The quantitative estimate of drug-likeness (QED) is 0.784. The Morgan fingerprint density at radius 3 is 2.81 bits per heavy atom. The van der Waals surface area contributed by atoms with Crippen molar-refractivity contribution in [3.8, 4) is 6.07 Å². The van der Waals surface area contributed by atoms with Gasteiger partial charge in [-0.25, -0.2) is 9.18 Å². The van der Waals surface area contributed by atoms with Crippen LogP contribution in [0.2, 0.25) is 0 Å². The lowest BCUT2D eigenvalue weighted by atomic mass is 10.1. The largest absolute Gasteiger partial charge is 0.478 e. The third kappa shape index (κ3) is 5.76. The molecule has 0 aliphatic rings. The van der Waals surface area contributed by atoms with Gasteiger partial charge in [0.25, 0.3) is 0 Å². The molecule has 0 aliphatic heterocycles. The van der Waals surface area contributed by atoms with Crippen molar-refractivity contribution >= 4 is 12.0 Å². The normalized spacial score (nSPS) is 12.5. The summed E-state index contributed by atoms with van der Waals surface area (Å²) in [6.45, 7) is 5.54. The number of halogens is 1. The van der Waals surface area contributed by atoms with Crippen LogP contribution >= 0.6 is 0 Å². The zero-order valence-electron chi connectivity index (χ0n) is 12.2. The van der Waals surface area contributed by atoms with Gasteiger partial charge in [-0.2, -0.15) is 5.26 Å². The van der Waals surface area contributed by atoms with Gasteiger partial charge in [0.2, 0.25) is 0 Å². The molecule has 0 fully saturated rings. The minimum Gasteiger partial charge on any atom is -0.478 e. The van der Waals surface area contributed by atoms with Crippen LogP contribution in [0.15, 0.2) is 24.3 Å². The summed E-state index contributed by atoms with van der Waals surface area (Å²) in [6.07, 6.45) is 2.33. The molecule has 0 saturated heterocycles. The number of carboxylic acids is 1. The second-order valence-corrected chi connectivity index (χ2v) is 4.88. The highest BCUT2D eigenvalue weighted by molar-refractivity contribution is 5.85. The van der Waals surface area contributed by atoms with Crippen LogP contribution in [-0.4, -0.2) is 29.1 Å². The number of benzene rings is 1. The first-order valence-electron chi connectivity index (χ1n) is 6.77. The van der Waals surface area contributed by atoms with Crippen LogP contribution in [0.3, 0.4) is 0 Å². The molecule has 0 heterocycles. The second kappa shape index (κ2) is 8.18. The molecule has 0 radical (unpaired) electrons. The molecule has 1 atom stereocenters. The standard InChI is InChI=1S/C16H19FN2O2/c1-3-19(10-12(2)9-18)11-14-6-4-13(8-15(14)17)5-7-16(20)21/h4-8,12H,3,10-11H2,1-2H3,(H,20,21). The van der Waals surface area contributed by atoms with E-state index in [4.69, 9.17) is 10.4 Å². The molecule has 0 amide bonds. The van der Waals surface area contributed by atoms with E-state index in [1.165, 1.54) is 12.1 Å². The molecular formula is C16H19FN2O2. The Bertz CT molecular complexity index is 564. The van der Waals surface area contributed by atoms with Crippen LogP contribution in [0.4, 0.5) is 4.39 Å². The van der Waals surface area contributed by atoms with Crippen LogP contribution < -0.4 is 0 Å². The number of hydrogen-bond acceptors (Lipinski definition) is 3. The van der Waals surface area contributed by atoms with Crippen molar-refractivity contribution in [1.29, 1.82) is 5.26 Å². The molecule has 0 aromatic heterocycles. The molecular weight excluding hydrogens is 271 g/mol. The molecule has 1 unspecified atom stereocenters. The van der Waals surface area contributed by atoms with Crippen molar-refractivity contribution in [2.45, 2.75) is 20.4 Å². The van der Waals surface area contributed by atoms with Gasteiger partial charge in [-0.15, -0.1) is 0 Å². The summed E-state index contributed by atoms with van der Waals surface area (Å²) < 4.78 is 14.0. The summed E-state index contributed by atoms with van der Waals surface area (Å²) >= 11 is 0. The summed E-state index contributed by atoms with van der Waals surface area (Å²) in [6, 6.07) is 6.81. The maximum atomic E-state index is 14.0. The third-order valence-electron chi connectivity index (χ3n) is 3.09. The lowest BCUT2D eigenvalue weighted by Gasteiger charge is -2.21. The topological polar surface area (TPSA) is 64.3 Å². The van der Waals surface area contributed by atoms with Crippen molar-refractivity contribution < 1.29 is 14.3 Å². The van der Waals surface area contributed by atoms with E-state index >= 15 is 0 Å². The fourth-order valence-electron chi connectivity index (χ4n) is 1.94. The number of carbonyl (C=O) groups is 1. The van der Waals surface area contributed by atoms with Crippen molar-refractivity contribution in [1.82, 2.24) is 4.90 Å². The van der Waals surface area contributed by atoms with Crippen molar-refractivity contribution in [2.75, 3.05) is 13.1 Å². The van der Waals surface area contributed by atoms with Gasteiger partial charge >= 0.3 is 5.97 Å². The van der Waals surface area contributed by atoms with Gasteiger partial charge in [0.05, 0.1) is 12.0 Å². The lowest BCUT2D eigenvalue weighted by Crippen LogP contribution is -2.28. The molecule has 4 nitrogen and oxygen atoms in total. The predicted molar refractivity (Wildman–Crippen MR) is 78.8 cm³/mol. The van der Waals surface area contributed by atoms with Crippen LogP contribution in [0, 0.1) is 23.1 Å². The van der Waals surface area contributed by atoms with Crippen LogP contribution in [0.25, 0.3) is 6.08 Å². The van der Waals surface area contributed by atoms with Crippen LogP contribution in [0.1, 0.15) is 25.0 Å². The summed E-state index contributed by atoms with van der Waals surface area (Å²) in [5.41, 5.74) is 1.04. The number of nitrogens with zero attached hydrogens (tertiary/aromatic N) is 2. The Morgan fingerprint density at radius 2 is 2.29 bits per heavy atom. The van der Waals surface area contributed by atoms with E-state index in [9.17, 15) is 9.18 Å². The predicted octanol–water partition coefficient (Wildman–Crippen LogP) is 2.91. The maximum Gasteiger partial charge on any atom is 0.328 e. The highest BCUT2D eigenvalue weighted by Crippen LogP contribution is 2.15. The second-order valence-electron chi connectivity index (χ2n) is 4.88. The number of aliphatic carboxylic acids is 1. The molecule has 0 spiro atoms. The molecule has 21 heavy (non-hydrogen) atoms. The van der Waals surface area contributed by atoms with E-state index in [-0.39, 0.29) is 11.7 Å². The highest BCUT2D eigenvalue weighted by Gasteiger charge is 2.11. The number of nitriles is 1. The first kappa shape index (κ1) is 16.9. The van der Waals surface area contributed by atoms with E-state index in [1.807, 2.05) is 18.7 Å². The van der Waals surface area contributed by atoms with Gasteiger partial charge in [-0.1, -0.05) is 19.1 Å². The summed E-state index contributed by atoms with van der Waals surface area (Å²) in [4.78, 5) is 12.4. The molecule has 5 heteroatoms. The highest BCUT2D eigenvalue weighted by atomic mass is 19.1. The van der Waals surface area contributed by atoms with Gasteiger partial charge in [-0.3, -0.25) is 4.90 Å². The van der Waals surface area contributed by atoms with Gasteiger partial charge in [0, 0.05) is 24.7 Å². The van der Waals surface area contributed by atoms with Gasteiger partial charge in [0.1, 0.15) is 5.82 Å². The smallest absolute Gasteiger partial charge is 0.328 e. The zero-order chi connectivity index (χ0) is 15.8. The minimum atomic E-state index is -1.07. The molecule has 112 valence electrons. The molecule has 1 aromatic rings. The van der Waals surface area contributed by atoms with E-state index in [0.717, 1.165) is 12.6 Å². The fourth-order valence-corrected chi connectivity index (χ4v) is 1.94. The Balaban J connectivity index is 2.80. The maximum absolute atomic E-state index is 14.0. The fraction of sp³-hybridized carbons (Fsp3) is 0.375. The zero-order valence-corrected chi connectivity index (χ0v) is 12.2. The minimum absolute atomic E-state index is 0.106. The first-order chi connectivity index (χ1) is 9.96. The van der Waals surface area contributed by atoms with E-state index in [2.05, 4.69) is 6.07 Å². The average molecular weight is 290 g/mol. The van der Waals surface area contributed by atoms with E-state index in [1.54, 1.807) is 12.1 Å². The van der Waals surface area contributed by atoms with Crippen LogP contribution in [0.5, 0.6) is 0 Å². The number of hydrogen-bond donors (Lipinski definition) is 1. The first-order valence-corrected chi connectivity index (χ1v) is 6.77. The van der Waals surface area contributed by atoms with Crippen molar-refractivity contribution in [3.63, 3.8) is 0 Å². The molecule has 0 bridgehead atoms. The molecule has 1 N–H and O–H groups in total. The third-order valence-corrected chi connectivity index (χ3v) is 3.09. The van der Waals surface area contributed by atoms with Gasteiger partial charge < -0.3 is 5.11 Å².